The zero-order valence-electron chi connectivity index (χ0n) is 13.6. The summed E-state index contributed by atoms with van der Waals surface area (Å²) in [6, 6.07) is 16.1. The summed E-state index contributed by atoms with van der Waals surface area (Å²) >= 11 is 0. The van der Waals surface area contributed by atoms with Crippen LogP contribution in [0.5, 0.6) is 5.75 Å². The molecule has 0 bridgehead atoms. The third-order valence-corrected chi connectivity index (χ3v) is 4.01. The van der Waals surface area contributed by atoms with Crippen LogP contribution >= 0.6 is 0 Å². The van der Waals surface area contributed by atoms with Gasteiger partial charge in [-0.15, -0.1) is 0 Å². The maximum absolute atomic E-state index is 12.1. The number of hydrogen-bond acceptors (Lipinski definition) is 3. The maximum Gasteiger partial charge on any atom is 0.343 e. The first-order valence-corrected chi connectivity index (χ1v) is 7.93. The quantitative estimate of drug-likeness (QED) is 0.571. The van der Waals surface area contributed by atoms with Gasteiger partial charge in [-0.3, -0.25) is 0 Å². The molecule has 0 saturated carbocycles. The van der Waals surface area contributed by atoms with Crippen LogP contribution in [0.4, 0.5) is 0 Å². The molecule has 0 heterocycles. The molecule has 0 aliphatic heterocycles. The normalized spacial score (nSPS) is 11.5. The van der Waals surface area contributed by atoms with E-state index >= 15 is 0 Å². The van der Waals surface area contributed by atoms with Crippen molar-refractivity contribution in [3.8, 4) is 11.8 Å². The van der Waals surface area contributed by atoms with Crippen molar-refractivity contribution in [3.05, 3.63) is 65.2 Å². The van der Waals surface area contributed by atoms with Crippen LogP contribution in [-0.2, 0) is 6.42 Å². The number of nitriles is 1. The predicted octanol–water partition coefficient (Wildman–Crippen LogP) is 4.76. The number of nitrogens with zero attached hydrogens (tertiary/aromatic N) is 1. The minimum Gasteiger partial charge on any atom is -0.423 e. The Morgan fingerprint density at radius 3 is 2.35 bits per heavy atom. The molecule has 0 aromatic heterocycles. The molecular formula is C20H21NO2. The molecule has 0 aliphatic carbocycles. The highest BCUT2D eigenvalue weighted by atomic mass is 16.5. The molecule has 1 atom stereocenters. The molecule has 0 amide bonds. The number of esters is 1. The van der Waals surface area contributed by atoms with Gasteiger partial charge in [-0.1, -0.05) is 32.4 Å². The van der Waals surface area contributed by atoms with Gasteiger partial charge in [-0.05, 0) is 60.7 Å². The van der Waals surface area contributed by atoms with Crippen molar-refractivity contribution in [1.29, 1.82) is 5.26 Å². The highest BCUT2D eigenvalue weighted by molar-refractivity contribution is 5.91. The largest absolute Gasteiger partial charge is 0.423 e. The first kappa shape index (κ1) is 16.8. The molecule has 0 saturated heterocycles. The second-order valence-corrected chi connectivity index (χ2v) is 5.77. The van der Waals surface area contributed by atoms with Gasteiger partial charge >= 0.3 is 5.97 Å². The summed E-state index contributed by atoms with van der Waals surface area (Å²) in [5, 5.41) is 8.75. The first-order chi connectivity index (χ1) is 11.1. The van der Waals surface area contributed by atoms with E-state index in [1.54, 1.807) is 36.4 Å². The number of carbonyl (C=O) groups is 1. The number of hydrogen-bond donors (Lipinski definition) is 0. The van der Waals surface area contributed by atoms with E-state index in [1.165, 1.54) is 12.0 Å². The van der Waals surface area contributed by atoms with Crippen LogP contribution in [-0.4, -0.2) is 5.97 Å². The van der Waals surface area contributed by atoms with E-state index in [9.17, 15) is 4.79 Å². The van der Waals surface area contributed by atoms with E-state index in [0.29, 0.717) is 16.9 Å². The Morgan fingerprint density at radius 1 is 1.13 bits per heavy atom. The SMILES string of the molecule is CCC(C)CCc1ccc(C(=O)Oc2ccc(C#N)cc2)cc1. The Balaban J connectivity index is 1.95. The van der Waals surface area contributed by atoms with Crippen LogP contribution in [0.25, 0.3) is 0 Å². The first-order valence-electron chi connectivity index (χ1n) is 7.93. The molecule has 0 radical (unpaired) electrons. The van der Waals surface area contributed by atoms with Crippen LogP contribution in [0.15, 0.2) is 48.5 Å². The number of aryl methyl sites for hydroxylation is 1. The van der Waals surface area contributed by atoms with Crippen LogP contribution < -0.4 is 4.74 Å². The summed E-state index contributed by atoms with van der Waals surface area (Å²) in [5.41, 5.74) is 2.30. The zero-order valence-corrected chi connectivity index (χ0v) is 13.6. The average Bonchev–Trinajstić information content (AvgIpc) is 2.60. The second-order valence-electron chi connectivity index (χ2n) is 5.77. The van der Waals surface area contributed by atoms with Crippen molar-refractivity contribution >= 4 is 5.97 Å². The maximum atomic E-state index is 12.1. The minimum absolute atomic E-state index is 0.386. The number of carbonyl (C=O) groups excluding carboxylic acids is 1. The Hall–Kier alpha value is -2.60. The van der Waals surface area contributed by atoms with Gasteiger partial charge in [0.05, 0.1) is 17.2 Å². The molecule has 0 spiro atoms. The van der Waals surface area contributed by atoms with Gasteiger partial charge in [0.15, 0.2) is 0 Å². The summed E-state index contributed by atoms with van der Waals surface area (Å²) in [6.07, 6.45) is 3.38. The summed E-state index contributed by atoms with van der Waals surface area (Å²) < 4.78 is 5.31. The lowest BCUT2D eigenvalue weighted by molar-refractivity contribution is 0.0734. The Bertz CT molecular complexity index is 681. The number of benzene rings is 2. The Labute approximate surface area is 137 Å². The highest BCUT2D eigenvalue weighted by Crippen LogP contribution is 2.16. The highest BCUT2D eigenvalue weighted by Gasteiger charge is 2.09. The lowest BCUT2D eigenvalue weighted by atomic mass is 9.98. The van der Waals surface area contributed by atoms with Crippen molar-refractivity contribution in [2.75, 3.05) is 0 Å². The molecule has 0 aliphatic rings. The van der Waals surface area contributed by atoms with Gasteiger partial charge in [-0.25, -0.2) is 4.79 Å². The third-order valence-electron chi connectivity index (χ3n) is 4.01. The van der Waals surface area contributed by atoms with E-state index in [2.05, 4.69) is 13.8 Å². The van der Waals surface area contributed by atoms with Crippen LogP contribution in [0, 0.1) is 17.2 Å². The molecule has 0 N–H and O–H groups in total. The minimum atomic E-state index is -0.386. The molecule has 2 rings (SSSR count). The van der Waals surface area contributed by atoms with E-state index in [-0.39, 0.29) is 5.97 Å². The summed E-state index contributed by atoms with van der Waals surface area (Å²) in [5.74, 6) is 0.772. The molecule has 3 nitrogen and oxygen atoms in total. The van der Waals surface area contributed by atoms with Crippen molar-refractivity contribution in [2.24, 2.45) is 5.92 Å². The number of ether oxygens (including phenoxy) is 1. The van der Waals surface area contributed by atoms with Crippen LogP contribution in [0.2, 0.25) is 0 Å². The topological polar surface area (TPSA) is 50.1 Å². The summed E-state index contributed by atoms with van der Waals surface area (Å²) in [7, 11) is 0. The lowest BCUT2D eigenvalue weighted by Crippen LogP contribution is -2.08. The van der Waals surface area contributed by atoms with Gasteiger partial charge in [0.25, 0.3) is 0 Å². The van der Waals surface area contributed by atoms with Crippen LogP contribution in [0.1, 0.15) is 48.2 Å². The van der Waals surface area contributed by atoms with Crippen molar-refractivity contribution < 1.29 is 9.53 Å². The molecule has 23 heavy (non-hydrogen) atoms. The summed E-state index contributed by atoms with van der Waals surface area (Å²) in [6.45, 7) is 4.45. The standard InChI is InChI=1S/C20H21NO2/c1-3-15(2)4-5-16-6-10-18(11-7-16)20(22)23-19-12-8-17(14-21)9-13-19/h6-13,15H,3-5H2,1-2H3. The fourth-order valence-corrected chi connectivity index (χ4v) is 2.19. The monoisotopic (exact) mass is 307 g/mol. The zero-order chi connectivity index (χ0) is 16.7. The Morgan fingerprint density at radius 2 is 1.78 bits per heavy atom. The Kier molecular flexibility index (Phi) is 5.94. The molecular weight excluding hydrogens is 286 g/mol. The fraction of sp³-hybridized carbons (Fsp3) is 0.300. The van der Waals surface area contributed by atoms with E-state index in [0.717, 1.165) is 18.8 Å². The van der Waals surface area contributed by atoms with Gasteiger partial charge in [0.1, 0.15) is 5.75 Å². The average molecular weight is 307 g/mol. The van der Waals surface area contributed by atoms with Crippen molar-refractivity contribution in [1.82, 2.24) is 0 Å². The molecule has 2 aromatic rings. The molecule has 118 valence electrons. The molecule has 3 heteroatoms. The molecule has 2 aromatic carbocycles. The smallest absolute Gasteiger partial charge is 0.343 e. The van der Waals surface area contributed by atoms with E-state index < -0.39 is 0 Å². The second kappa shape index (κ2) is 8.14. The third kappa shape index (κ3) is 4.96. The number of rotatable bonds is 6. The van der Waals surface area contributed by atoms with Gasteiger partial charge in [0.2, 0.25) is 0 Å². The molecule has 0 fully saturated rings. The van der Waals surface area contributed by atoms with E-state index in [4.69, 9.17) is 10.00 Å². The fourth-order valence-electron chi connectivity index (χ4n) is 2.19. The van der Waals surface area contributed by atoms with Crippen LogP contribution in [0.3, 0.4) is 0 Å². The van der Waals surface area contributed by atoms with Crippen molar-refractivity contribution in [2.45, 2.75) is 33.1 Å². The van der Waals surface area contributed by atoms with E-state index in [1.807, 2.05) is 18.2 Å². The molecule has 1 unspecified atom stereocenters. The van der Waals surface area contributed by atoms with Crippen molar-refractivity contribution in [3.63, 3.8) is 0 Å². The summed E-state index contributed by atoms with van der Waals surface area (Å²) in [4.78, 5) is 12.1. The predicted molar refractivity (Wildman–Crippen MR) is 90.3 cm³/mol. The van der Waals surface area contributed by atoms with Gasteiger partial charge in [0, 0.05) is 0 Å². The van der Waals surface area contributed by atoms with Gasteiger partial charge in [-0.2, -0.15) is 5.26 Å². The lowest BCUT2D eigenvalue weighted by Gasteiger charge is -2.08. The van der Waals surface area contributed by atoms with Gasteiger partial charge < -0.3 is 4.74 Å².